The smallest absolute Gasteiger partial charge is 0.299 e. The summed E-state index contributed by atoms with van der Waals surface area (Å²) < 4.78 is 7.33. The Morgan fingerprint density at radius 1 is 1.06 bits per heavy atom. The van der Waals surface area contributed by atoms with Gasteiger partial charge in [0.1, 0.15) is 5.75 Å². The maximum Gasteiger partial charge on any atom is 0.299 e. The zero-order chi connectivity index (χ0) is 25.7. The first kappa shape index (κ1) is 25.0. The maximum absolute atomic E-state index is 13.6. The number of anilines is 2. The second kappa shape index (κ2) is 11.1. The molecule has 4 rings (SSSR count). The van der Waals surface area contributed by atoms with Gasteiger partial charge in [0.25, 0.3) is 11.5 Å². The van der Waals surface area contributed by atoms with E-state index >= 15 is 0 Å². The van der Waals surface area contributed by atoms with Gasteiger partial charge in [-0.25, -0.2) is 0 Å². The largest absolute Gasteiger partial charge is 0.453 e. The normalized spacial score (nSPS) is 10.8. The van der Waals surface area contributed by atoms with Crippen molar-refractivity contribution in [3.05, 3.63) is 105 Å². The molecular weight excluding hydrogens is 476 g/mol. The van der Waals surface area contributed by atoms with Gasteiger partial charge in [-0.15, -0.1) is 0 Å². The summed E-state index contributed by atoms with van der Waals surface area (Å²) in [4.78, 5) is 25.9. The SMILES string of the molecule is CCNC(=O)c1cccc(Nc2c(Oc3ccc(C(C)C)cc3)cnn(-c3cccc(Cl)c3)c2=O)c1. The van der Waals surface area contributed by atoms with Crippen LogP contribution in [0.4, 0.5) is 11.4 Å². The summed E-state index contributed by atoms with van der Waals surface area (Å²) in [6, 6.07) is 21.5. The molecule has 0 bridgehead atoms. The Morgan fingerprint density at radius 3 is 2.50 bits per heavy atom. The van der Waals surface area contributed by atoms with E-state index < -0.39 is 5.56 Å². The molecule has 0 radical (unpaired) electrons. The average molecular weight is 503 g/mol. The molecule has 0 aliphatic heterocycles. The molecule has 184 valence electrons. The number of carbonyl (C=O) groups is 1. The average Bonchev–Trinajstić information content (AvgIpc) is 2.87. The number of nitrogens with zero attached hydrogens (tertiary/aromatic N) is 2. The molecule has 0 aliphatic carbocycles. The summed E-state index contributed by atoms with van der Waals surface area (Å²) in [6.07, 6.45) is 1.48. The number of benzene rings is 3. The van der Waals surface area contributed by atoms with Crippen LogP contribution in [-0.4, -0.2) is 22.2 Å². The van der Waals surface area contributed by atoms with Crippen molar-refractivity contribution in [3.63, 3.8) is 0 Å². The molecule has 2 N–H and O–H groups in total. The van der Waals surface area contributed by atoms with E-state index in [4.69, 9.17) is 16.3 Å². The van der Waals surface area contributed by atoms with Crippen LogP contribution in [0.15, 0.2) is 83.8 Å². The number of halogens is 1. The van der Waals surface area contributed by atoms with Gasteiger partial charge in [0, 0.05) is 22.8 Å². The van der Waals surface area contributed by atoms with Gasteiger partial charge in [-0.3, -0.25) is 9.59 Å². The molecule has 7 nitrogen and oxygen atoms in total. The Balaban J connectivity index is 1.76. The molecular formula is C28H27ClN4O3. The summed E-state index contributed by atoms with van der Waals surface area (Å²) in [6.45, 7) is 6.60. The van der Waals surface area contributed by atoms with E-state index in [0.29, 0.717) is 40.2 Å². The minimum Gasteiger partial charge on any atom is -0.453 e. The van der Waals surface area contributed by atoms with Crippen molar-refractivity contribution in [3.8, 4) is 17.2 Å². The van der Waals surface area contributed by atoms with Crippen LogP contribution in [0, 0.1) is 0 Å². The lowest BCUT2D eigenvalue weighted by Gasteiger charge is -2.15. The van der Waals surface area contributed by atoms with E-state index in [0.717, 1.165) is 0 Å². The minimum absolute atomic E-state index is 0.172. The number of rotatable bonds is 8. The van der Waals surface area contributed by atoms with Gasteiger partial charge in [0.05, 0.1) is 11.9 Å². The molecule has 0 saturated carbocycles. The predicted octanol–water partition coefficient (Wildman–Crippen LogP) is 6.29. The summed E-state index contributed by atoms with van der Waals surface area (Å²) in [5.41, 5.74) is 2.46. The number of aromatic nitrogens is 2. The molecule has 0 aliphatic rings. The van der Waals surface area contributed by atoms with Crippen LogP contribution in [0.3, 0.4) is 0 Å². The molecule has 0 fully saturated rings. The highest BCUT2D eigenvalue weighted by Crippen LogP contribution is 2.30. The molecule has 0 spiro atoms. The Hall–Kier alpha value is -4.10. The van der Waals surface area contributed by atoms with Gasteiger partial charge < -0.3 is 15.4 Å². The highest BCUT2D eigenvalue weighted by atomic mass is 35.5. The van der Waals surface area contributed by atoms with Crippen LogP contribution in [0.1, 0.15) is 42.6 Å². The number of nitrogens with one attached hydrogen (secondary N) is 2. The van der Waals surface area contributed by atoms with Gasteiger partial charge in [-0.2, -0.15) is 9.78 Å². The van der Waals surface area contributed by atoms with Crippen molar-refractivity contribution >= 4 is 28.9 Å². The van der Waals surface area contributed by atoms with Gasteiger partial charge >= 0.3 is 0 Å². The minimum atomic E-state index is -0.433. The molecule has 36 heavy (non-hydrogen) atoms. The Labute approximate surface area is 214 Å². The molecule has 3 aromatic carbocycles. The highest BCUT2D eigenvalue weighted by Gasteiger charge is 2.16. The third-order valence-electron chi connectivity index (χ3n) is 5.50. The standard InChI is InChI=1S/C28H27ClN4O3/c1-4-30-27(34)20-7-5-9-22(15-20)32-26-25(36-24-13-11-19(12-14-24)18(2)3)17-31-33(28(26)35)23-10-6-8-21(29)16-23/h5-18,32H,4H2,1-3H3,(H,30,34). The van der Waals surface area contributed by atoms with Crippen LogP contribution < -0.4 is 20.9 Å². The monoisotopic (exact) mass is 502 g/mol. The van der Waals surface area contributed by atoms with Gasteiger partial charge in [0.2, 0.25) is 0 Å². The van der Waals surface area contributed by atoms with Crippen LogP contribution in [0.25, 0.3) is 5.69 Å². The zero-order valence-corrected chi connectivity index (χ0v) is 21.0. The first-order valence-electron chi connectivity index (χ1n) is 11.7. The Morgan fingerprint density at radius 2 is 1.81 bits per heavy atom. The van der Waals surface area contributed by atoms with E-state index in [9.17, 15) is 9.59 Å². The van der Waals surface area contributed by atoms with Crippen LogP contribution >= 0.6 is 11.6 Å². The fraction of sp³-hybridized carbons (Fsp3) is 0.179. The van der Waals surface area contributed by atoms with E-state index in [1.54, 1.807) is 48.5 Å². The first-order chi connectivity index (χ1) is 17.4. The quantitative estimate of drug-likeness (QED) is 0.295. The van der Waals surface area contributed by atoms with Crippen LogP contribution in [0.2, 0.25) is 5.02 Å². The summed E-state index contributed by atoms with van der Waals surface area (Å²) in [7, 11) is 0. The molecule has 0 unspecified atom stereocenters. The number of amides is 1. The third kappa shape index (κ3) is 5.75. The van der Waals surface area contributed by atoms with Crippen LogP contribution in [0.5, 0.6) is 11.5 Å². The second-order valence-electron chi connectivity index (χ2n) is 8.47. The Kier molecular flexibility index (Phi) is 7.71. The van der Waals surface area contributed by atoms with Crippen LogP contribution in [-0.2, 0) is 0 Å². The lowest BCUT2D eigenvalue weighted by atomic mass is 10.0. The van der Waals surface area contributed by atoms with Crippen molar-refractivity contribution in [1.82, 2.24) is 15.1 Å². The summed E-state index contributed by atoms with van der Waals surface area (Å²) in [5.74, 6) is 1.00. The van der Waals surface area contributed by atoms with Crippen molar-refractivity contribution in [1.29, 1.82) is 0 Å². The lowest BCUT2D eigenvalue weighted by Crippen LogP contribution is -2.24. The second-order valence-corrected chi connectivity index (χ2v) is 8.91. The molecule has 1 amide bonds. The number of hydrogen-bond acceptors (Lipinski definition) is 5. The van der Waals surface area contributed by atoms with E-state index in [1.165, 1.54) is 16.4 Å². The summed E-state index contributed by atoms with van der Waals surface area (Å²) in [5, 5.41) is 10.7. The molecule has 0 atom stereocenters. The summed E-state index contributed by atoms with van der Waals surface area (Å²) >= 11 is 6.14. The number of carbonyl (C=O) groups excluding carboxylic acids is 1. The van der Waals surface area contributed by atoms with E-state index in [2.05, 4.69) is 29.6 Å². The van der Waals surface area contributed by atoms with Gasteiger partial charge in [0.15, 0.2) is 11.4 Å². The lowest BCUT2D eigenvalue weighted by molar-refractivity contribution is 0.0956. The fourth-order valence-electron chi connectivity index (χ4n) is 3.62. The van der Waals surface area contributed by atoms with Gasteiger partial charge in [-0.1, -0.05) is 49.7 Å². The number of hydrogen-bond donors (Lipinski definition) is 2. The number of ether oxygens (including phenoxy) is 1. The highest BCUT2D eigenvalue weighted by molar-refractivity contribution is 6.30. The molecule has 1 heterocycles. The predicted molar refractivity (Wildman–Crippen MR) is 143 cm³/mol. The maximum atomic E-state index is 13.6. The van der Waals surface area contributed by atoms with E-state index in [-0.39, 0.29) is 17.3 Å². The molecule has 4 aromatic rings. The van der Waals surface area contributed by atoms with Crippen molar-refractivity contribution < 1.29 is 9.53 Å². The van der Waals surface area contributed by atoms with E-state index in [1.807, 2.05) is 31.2 Å². The molecule has 1 aromatic heterocycles. The fourth-order valence-corrected chi connectivity index (χ4v) is 3.80. The zero-order valence-electron chi connectivity index (χ0n) is 20.3. The van der Waals surface area contributed by atoms with Crippen molar-refractivity contribution in [2.45, 2.75) is 26.7 Å². The Bertz CT molecular complexity index is 1430. The van der Waals surface area contributed by atoms with Crippen molar-refractivity contribution in [2.24, 2.45) is 0 Å². The van der Waals surface area contributed by atoms with Gasteiger partial charge in [-0.05, 0) is 66.9 Å². The molecule has 8 heteroatoms. The topological polar surface area (TPSA) is 85.2 Å². The first-order valence-corrected chi connectivity index (χ1v) is 12.0. The van der Waals surface area contributed by atoms with Crippen molar-refractivity contribution in [2.75, 3.05) is 11.9 Å². The third-order valence-corrected chi connectivity index (χ3v) is 5.74. The molecule has 0 saturated heterocycles.